The molecule has 0 unspecified atom stereocenters. The minimum Gasteiger partial charge on any atom is -0.355 e. The number of hydrogen-bond donors (Lipinski definition) is 1. The molecule has 23 heavy (non-hydrogen) atoms. The van der Waals surface area contributed by atoms with Crippen LogP contribution in [-0.2, 0) is 13.6 Å². The van der Waals surface area contributed by atoms with Gasteiger partial charge in [0.1, 0.15) is 0 Å². The Hall–Kier alpha value is -0.830. The third kappa shape index (κ3) is 7.07. The molecular formula is C16H33IN6. The van der Waals surface area contributed by atoms with Gasteiger partial charge in [-0.05, 0) is 19.5 Å². The van der Waals surface area contributed by atoms with Gasteiger partial charge in [0, 0.05) is 52.5 Å². The standard InChI is InChI=1S/C16H32N6.HI/c1-8-20(5)10-9-18-16(17-4)21(6)11-14-12-22(7)19-15(14)13(2)3;/h12-13H,8-11H2,1-7H3,(H,17,18);1H. The fourth-order valence-electron chi connectivity index (χ4n) is 2.39. The molecule has 1 aromatic heterocycles. The Kier molecular flexibility index (Phi) is 10.5. The largest absolute Gasteiger partial charge is 0.355 e. The molecule has 1 aromatic rings. The van der Waals surface area contributed by atoms with Crippen LogP contribution >= 0.6 is 24.0 Å². The summed E-state index contributed by atoms with van der Waals surface area (Å²) in [5, 5.41) is 7.99. The van der Waals surface area contributed by atoms with Crippen LogP contribution in [0.3, 0.4) is 0 Å². The Morgan fingerprint density at radius 1 is 1.39 bits per heavy atom. The van der Waals surface area contributed by atoms with Crippen LogP contribution < -0.4 is 5.32 Å². The predicted molar refractivity (Wildman–Crippen MR) is 109 cm³/mol. The summed E-state index contributed by atoms with van der Waals surface area (Å²) in [6, 6.07) is 0. The first-order valence-corrected chi connectivity index (χ1v) is 8.01. The Labute approximate surface area is 158 Å². The maximum absolute atomic E-state index is 4.57. The van der Waals surface area contributed by atoms with Crippen LogP contribution in [0.2, 0.25) is 0 Å². The summed E-state index contributed by atoms with van der Waals surface area (Å²) in [6.45, 7) is 10.3. The van der Waals surface area contributed by atoms with E-state index in [1.807, 2.05) is 18.8 Å². The normalized spacial score (nSPS) is 11.8. The Balaban J connectivity index is 0.00000484. The first-order valence-electron chi connectivity index (χ1n) is 8.01. The summed E-state index contributed by atoms with van der Waals surface area (Å²) in [6.07, 6.45) is 2.10. The number of likely N-dealkylation sites (N-methyl/N-ethyl adjacent to an activating group) is 1. The number of aryl methyl sites for hydroxylation is 1. The van der Waals surface area contributed by atoms with Crippen LogP contribution in [0.15, 0.2) is 11.2 Å². The molecule has 0 aliphatic rings. The van der Waals surface area contributed by atoms with Crippen molar-refractivity contribution in [2.24, 2.45) is 12.0 Å². The lowest BCUT2D eigenvalue weighted by Crippen LogP contribution is -2.41. The van der Waals surface area contributed by atoms with E-state index in [2.05, 4.69) is 66.3 Å². The maximum atomic E-state index is 4.57. The molecular weight excluding hydrogens is 403 g/mol. The Morgan fingerprint density at radius 3 is 2.57 bits per heavy atom. The number of guanidine groups is 1. The second-order valence-electron chi connectivity index (χ2n) is 6.09. The van der Waals surface area contributed by atoms with Crippen LogP contribution in [0, 0.1) is 0 Å². The van der Waals surface area contributed by atoms with E-state index in [0.29, 0.717) is 5.92 Å². The van der Waals surface area contributed by atoms with Gasteiger partial charge in [0.05, 0.1) is 5.69 Å². The molecule has 0 bridgehead atoms. The van der Waals surface area contributed by atoms with Gasteiger partial charge in [0.25, 0.3) is 0 Å². The molecule has 1 N–H and O–H groups in total. The molecule has 0 saturated heterocycles. The fourth-order valence-corrected chi connectivity index (χ4v) is 2.39. The zero-order valence-electron chi connectivity index (χ0n) is 15.6. The van der Waals surface area contributed by atoms with Crippen LogP contribution in [0.4, 0.5) is 0 Å². The van der Waals surface area contributed by atoms with E-state index in [-0.39, 0.29) is 24.0 Å². The summed E-state index contributed by atoms with van der Waals surface area (Å²) >= 11 is 0. The van der Waals surface area contributed by atoms with Crippen molar-refractivity contribution in [2.75, 3.05) is 40.8 Å². The van der Waals surface area contributed by atoms with Gasteiger partial charge in [-0.1, -0.05) is 20.8 Å². The summed E-state index contributed by atoms with van der Waals surface area (Å²) < 4.78 is 1.89. The summed E-state index contributed by atoms with van der Waals surface area (Å²) in [4.78, 5) is 8.80. The van der Waals surface area contributed by atoms with Crippen molar-refractivity contribution >= 4 is 29.9 Å². The second kappa shape index (κ2) is 10.9. The molecule has 134 valence electrons. The van der Waals surface area contributed by atoms with Gasteiger partial charge in [-0.2, -0.15) is 5.10 Å². The molecule has 0 aliphatic heterocycles. The van der Waals surface area contributed by atoms with Gasteiger partial charge in [-0.15, -0.1) is 24.0 Å². The number of aromatic nitrogens is 2. The molecule has 0 radical (unpaired) electrons. The lowest BCUT2D eigenvalue weighted by molar-refractivity contribution is 0.353. The topological polar surface area (TPSA) is 48.7 Å². The minimum absolute atomic E-state index is 0. The monoisotopic (exact) mass is 436 g/mol. The van der Waals surface area contributed by atoms with E-state index < -0.39 is 0 Å². The number of aliphatic imine (C=N–C) groups is 1. The van der Waals surface area contributed by atoms with E-state index in [1.165, 1.54) is 5.56 Å². The highest BCUT2D eigenvalue weighted by Crippen LogP contribution is 2.18. The van der Waals surface area contributed by atoms with Gasteiger partial charge >= 0.3 is 0 Å². The highest BCUT2D eigenvalue weighted by atomic mass is 127. The molecule has 6 nitrogen and oxygen atoms in total. The molecule has 0 fully saturated rings. The molecule has 0 spiro atoms. The SMILES string of the molecule is CCN(C)CCNC(=NC)N(C)Cc1cn(C)nc1C(C)C.I. The molecule has 0 aromatic carbocycles. The first kappa shape index (κ1) is 22.2. The van der Waals surface area contributed by atoms with Crippen molar-refractivity contribution in [3.05, 3.63) is 17.5 Å². The molecule has 0 amide bonds. The number of halogens is 1. The average Bonchev–Trinajstić information content (AvgIpc) is 2.83. The van der Waals surface area contributed by atoms with Gasteiger partial charge in [-0.25, -0.2) is 0 Å². The summed E-state index contributed by atoms with van der Waals surface area (Å²) in [5.74, 6) is 1.35. The van der Waals surface area contributed by atoms with E-state index in [4.69, 9.17) is 0 Å². The van der Waals surface area contributed by atoms with Crippen LogP contribution in [0.1, 0.15) is 37.9 Å². The highest BCUT2D eigenvalue weighted by Gasteiger charge is 2.14. The van der Waals surface area contributed by atoms with Crippen molar-refractivity contribution in [3.63, 3.8) is 0 Å². The zero-order chi connectivity index (χ0) is 16.7. The van der Waals surface area contributed by atoms with Gasteiger partial charge < -0.3 is 15.1 Å². The second-order valence-corrected chi connectivity index (χ2v) is 6.09. The van der Waals surface area contributed by atoms with E-state index in [1.54, 1.807) is 0 Å². The Morgan fingerprint density at radius 2 is 2.04 bits per heavy atom. The van der Waals surface area contributed by atoms with Crippen LogP contribution in [0.25, 0.3) is 0 Å². The third-order valence-corrected chi connectivity index (χ3v) is 3.78. The van der Waals surface area contributed by atoms with Crippen molar-refractivity contribution in [1.29, 1.82) is 0 Å². The van der Waals surface area contributed by atoms with E-state index in [0.717, 1.165) is 37.8 Å². The quantitative estimate of drug-likeness (QED) is 0.404. The van der Waals surface area contributed by atoms with E-state index in [9.17, 15) is 0 Å². The van der Waals surface area contributed by atoms with Crippen molar-refractivity contribution in [2.45, 2.75) is 33.2 Å². The molecule has 1 heterocycles. The third-order valence-electron chi connectivity index (χ3n) is 3.78. The fraction of sp³-hybridized carbons (Fsp3) is 0.750. The number of hydrogen-bond acceptors (Lipinski definition) is 3. The Bertz CT molecular complexity index is 483. The number of rotatable bonds is 7. The van der Waals surface area contributed by atoms with Crippen molar-refractivity contribution < 1.29 is 0 Å². The first-order chi connectivity index (χ1) is 10.4. The maximum Gasteiger partial charge on any atom is 0.193 e. The van der Waals surface area contributed by atoms with Gasteiger partial charge in [0.15, 0.2) is 5.96 Å². The summed E-state index contributed by atoms with van der Waals surface area (Å²) in [7, 11) is 7.99. The predicted octanol–water partition coefficient (Wildman–Crippen LogP) is 2.12. The molecule has 0 saturated carbocycles. The summed E-state index contributed by atoms with van der Waals surface area (Å²) in [5.41, 5.74) is 2.42. The van der Waals surface area contributed by atoms with Crippen molar-refractivity contribution in [3.8, 4) is 0 Å². The van der Waals surface area contributed by atoms with Gasteiger partial charge in [0.2, 0.25) is 0 Å². The molecule has 0 aliphatic carbocycles. The lowest BCUT2D eigenvalue weighted by atomic mass is 10.1. The molecule has 0 atom stereocenters. The molecule has 1 rings (SSSR count). The zero-order valence-corrected chi connectivity index (χ0v) is 18.0. The average molecular weight is 436 g/mol. The van der Waals surface area contributed by atoms with E-state index >= 15 is 0 Å². The van der Waals surface area contributed by atoms with Crippen LogP contribution in [0.5, 0.6) is 0 Å². The van der Waals surface area contributed by atoms with Crippen molar-refractivity contribution in [1.82, 2.24) is 24.9 Å². The van der Waals surface area contributed by atoms with Gasteiger partial charge in [-0.3, -0.25) is 9.67 Å². The lowest BCUT2D eigenvalue weighted by Gasteiger charge is -2.23. The molecule has 7 heteroatoms. The highest BCUT2D eigenvalue weighted by molar-refractivity contribution is 14.0. The number of nitrogens with one attached hydrogen (secondary N) is 1. The smallest absolute Gasteiger partial charge is 0.193 e. The minimum atomic E-state index is 0. The number of nitrogens with zero attached hydrogens (tertiary/aromatic N) is 5. The van der Waals surface area contributed by atoms with Crippen LogP contribution in [-0.4, -0.2) is 66.3 Å².